The smallest absolute Gasteiger partial charge is 0.165 e. The molecule has 0 atom stereocenters. The Morgan fingerprint density at radius 2 is 1.04 bits per heavy atom. The minimum Gasteiger partial charge on any atom is -0.291 e. The highest BCUT2D eigenvalue weighted by molar-refractivity contribution is 6.17. The van der Waals surface area contributed by atoms with E-state index in [1.807, 2.05) is 24.3 Å². The normalized spacial score (nSPS) is 12.0. The van der Waals surface area contributed by atoms with Crippen LogP contribution in [0.5, 0.6) is 0 Å². The van der Waals surface area contributed by atoms with Crippen molar-refractivity contribution in [3.05, 3.63) is 152 Å². The van der Waals surface area contributed by atoms with Gasteiger partial charge in [-0.2, -0.15) is 0 Å². The molecule has 0 spiro atoms. The quantitative estimate of drug-likeness (QED) is 0.207. The van der Waals surface area contributed by atoms with Crippen LogP contribution < -0.4 is 0 Å². The van der Waals surface area contributed by atoms with Crippen molar-refractivity contribution in [3.63, 3.8) is 0 Å². The molecule has 10 rings (SSSR count). The van der Waals surface area contributed by atoms with Gasteiger partial charge < -0.3 is 0 Å². The molecule has 3 heteroatoms. The van der Waals surface area contributed by atoms with Crippen LogP contribution in [0.2, 0.25) is 0 Å². The van der Waals surface area contributed by atoms with Crippen molar-refractivity contribution in [2.24, 2.45) is 0 Å². The number of hydrogen-bond donors (Lipinski definition) is 0. The maximum Gasteiger partial charge on any atom is 0.165 e. The summed E-state index contributed by atoms with van der Waals surface area (Å²) >= 11 is 0. The van der Waals surface area contributed by atoms with Gasteiger partial charge in [-0.3, -0.25) is 4.57 Å². The number of hydrogen-bond acceptors (Lipinski definition) is 2. The molecule has 3 heterocycles. The van der Waals surface area contributed by atoms with Crippen LogP contribution in [0, 0.1) is 0 Å². The number of aromatic nitrogens is 3. The lowest BCUT2D eigenvalue weighted by Crippen LogP contribution is -2.02. The summed E-state index contributed by atoms with van der Waals surface area (Å²) in [5, 5.41) is 4.95. The van der Waals surface area contributed by atoms with Gasteiger partial charge in [-0.05, 0) is 75.0 Å². The Bertz CT molecular complexity index is 2640. The molecule has 9 aromatic rings. The molecule has 3 nitrogen and oxygen atoms in total. The van der Waals surface area contributed by atoms with Gasteiger partial charge in [0.25, 0.3) is 0 Å². The summed E-state index contributed by atoms with van der Waals surface area (Å²) in [7, 11) is 0. The Balaban J connectivity index is 1.23. The van der Waals surface area contributed by atoms with Crippen LogP contribution in [-0.2, 0) is 0 Å². The first-order valence-electron chi connectivity index (χ1n) is 15.3. The third kappa shape index (κ3) is 3.58. The summed E-state index contributed by atoms with van der Waals surface area (Å²) in [5.41, 5.74) is 13.3. The van der Waals surface area contributed by atoms with Gasteiger partial charge in [0.15, 0.2) is 5.82 Å². The van der Waals surface area contributed by atoms with Crippen LogP contribution in [0.4, 0.5) is 0 Å². The fourth-order valence-corrected chi connectivity index (χ4v) is 7.17. The van der Waals surface area contributed by atoms with Gasteiger partial charge in [0.05, 0.1) is 22.1 Å². The first-order valence-corrected chi connectivity index (χ1v) is 15.3. The Morgan fingerprint density at radius 3 is 1.89 bits per heavy atom. The lowest BCUT2D eigenvalue weighted by molar-refractivity contribution is 1.09. The van der Waals surface area contributed by atoms with Crippen LogP contribution in [0.15, 0.2) is 152 Å². The number of para-hydroxylation sites is 3. The van der Waals surface area contributed by atoms with E-state index in [1.54, 1.807) is 0 Å². The lowest BCUT2D eigenvalue weighted by Gasteiger charge is -2.12. The number of fused-ring (bicyclic) bond motifs is 10. The van der Waals surface area contributed by atoms with Crippen LogP contribution in [-0.4, -0.2) is 14.5 Å². The molecule has 0 bridgehead atoms. The third-order valence-corrected chi connectivity index (χ3v) is 9.31. The Kier molecular flexibility index (Phi) is 5.00. The van der Waals surface area contributed by atoms with Gasteiger partial charge in [-0.25, -0.2) is 9.97 Å². The molecule has 1 aliphatic heterocycles. The van der Waals surface area contributed by atoms with E-state index in [1.165, 1.54) is 60.4 Å². The predicted molar refractivity (Wildman–Crippen MR) is 187 cm³/mol. The topological polar surface area (TPSA) is 30.7 Å². The van der Waals surface area contributed by atoms with E-state index < -0.39 is 0 Å². The second-order valence-corrected chi connectivity index (χ2v) is 11.8. The first-order chi connectivity index (χ1) is 22.3. The molecule has 0 unspecified atom stereocenters. The van der Waals surface area contributed by atoms with Gasteiger partial charge in [0.1, 0.15) is 5.69 Å². The highest BCUT2D eigenvalue weighted by atomic mass is 15.1. The molecule has 0 saturated heterocycles. The largest absolute Gasteiger partial charge is 0.291 e. The van der Waals surface area contributed by atoms with E-state index in [0.29, 0.717) is 0 Å². The number of rotatable bonds is 2. The molecule has 1 aliphatic rings. The Morgan fingerprint density at radius 1 is 0.400 bits per heavy atom. The van der Waals surface area contributed by atoms with Gasteiger partial charge in [0, 0.05) is 21.9 Å². The minimum atomic E-state index is 0.874. The Hall–Kier alpha value is -6.06. The van der Waals surface area contributed by atoms with Crippen molar-refractivity contribution in [1.29, 1.82) is 0 Å². The van der Waals surface area contributed by atoms with Crippen LogP contribution in [0.1, 0.15) is 0 Å². The van der Waals surface area contributed by atoms with Crippen LogP contribution >= 0.6 is 0 Å². The predicted octanol–water partition coefficient (Wildman–Crippen LogP) is 10.9. The average molecular weight is 572 g/mol. The zero-order valence-electron chi connectivity index (χ0n) is 24.3. The average Bonchev–Trinajstić information content (AvgIpc) is 3.39. The zero-order valence-corrected chi connectivity index (χ0v) is 24.3. The fraction of sp³-hybridized carbons (Fsp3) is 0. The monoisotopic (exact) mass is 571 g/mol. The zero-order chi connectivity index (χ0) is 29.5. The first kappa shape index (κ1) is 24.4. The molecular weight excluding hydrogens is 546 g/mol. The molecule has 45 heavy (non-hydrogen) atoms. The summed E-state index contributed by atoms with van der Waals surface area (Å²) in [5.74, 6) is 0.874. The van der Waals surface area contributed by atoms with Crippen molar-refractivity contribution in [2.45, 2.75) is 0 Å². The van der Waals surface area contributed by atoms with E-state index in [9.17, 15) is 0 Å². The summed E-state index contributed by atoms with van der Waals surface area (Å²) in [6.45, 7) is 0. The third-order valence-electron chi connectivity index (χ3n) is 9.31. The van der Waals surface area contributed by atoms with Gasteiger partial charge >= 0.3 is 0 Å². The van der Waals surface area contributed by atoms with Crippen molar-refractivity contribution >= 4 is 43.6 Å². The molecule has 7 aromatic carbocycles. The summed E-state index contributed by atoms with van der Waals surface area (Å²) in [6.07, 6.45) is 0. The van der Waals surface area contributed by atoms with E-state index in [2.05, 4.69) is 132 Å². The fourth-order valence-electron chi connectivity index (χ4n) is 7.17. The van der Waals surface area contributed by atoms with E-state index in [4.69, 9.17) is 9.97 Å². The van der Waals surface area contributed by atoms with E-state index in [-0.39, 0.29) is 0 Å². The molecule has 0 N–H and O–H groups in total. The number of nitrogens with zero attached hydrogens (tertiary/aromatic N) is 3. The second-order valence-electron chi connectivity index (χ2n) is 11.8. The minimum absolute atomic E-state index is 0.874. The lowest BCUT2D eigenvalue weighted by atomic mass is 9.92. The SMILES string of the molecule is c1ccc2c(c1)-c1nc3ccccc3nc1-n1c3ccccc3c3cc(-c4ccc(-c5ccc6ccccc6c5)cc4)cc-2c31. The van der Waals surface area contributed by atoms with Crippen molar-refractivity contribution < 1.29 is 0 Å². The van der Waals surface area contributed by atoms with Gasteiger partial charge in [-0.1, -0.05) is 115 Å². The van der Waals surface area contributed by atoms with Crippen molar-refractivity contribution in [2.75, 3.05) is 0 Å². The molecule has 0 fully saturated rings. The van der Waals surface area contributed by atoms with Crippen molar-refractivity contribution in [3.8, 4) is 50.5 Å². The number of benzene rings is 7. The van der Waals surface area contributed by atoms with Crippen molar-refractivity contribution in [1.82, 2.24) is 14.5 Å². The van der Waals surface area contributed by atoms with E-state index >= 15 is 0 Å². The Labute approximate surface area is 259 Å². The summed E-state index contributed by atoms with van der Waals surface area (Å²) in [4.78, 5) is 10.5. The highest BCUT2D eigenvalue weighted by Gasteiger charge is 2.27. The van der Waals surface area contributed by atoms with Crippen LogP contribution in [0.3, 0.4) is 0 Å². The molecular formula is C42H25N3. The molecule has 208 valence electrons. The maximum absolute atomic E-state index is 5.26. The molecule has 0 saturated carbocycles. The summed E-state index contributed by atoms with van der Waals surface area (Å²) < 4.78 is 2.33. The highest BCUT2D eigenvalue weighted by Crippen LogP contribution is 2.47. The van der Waals surface area contributed by atoms with Gasteiger partial charge in [0.2, 0.25) is 0 Å². The second kappa shape index (κ2) is 9.22. The van der Waals surface area contributed by atoms with Crippen LogP contribution in [0.25, 0.3) is 94.1 Å². The maximum atomic E-state index is 5.26. The molecule has 0 amide bonds. The van der Waals surface area contributed by atoms with E-state index in [0.717, 1.165) is 33.6 Å². The standard InChI is InChI=1S/C42H25N3/c1-2-10-29-23-30(22-21-26(29)9-1)27-17-19-28(20-18-27)31-24-35-32-11-3-4-13-34(32)40-42(44-38-15-7-6-14-37(38)43-40)45-39-16-8-5-12-33(39)36(25-31)41(35)45/h1-25H. The summed E-state index contributed by atoms with van der Waals surface area (Å²) in [6, 6.07) is 54.4. The molecule has 0 radical (unpaired) electrons. The van der Waals surface area contributed by atoms with Gasteiger partial charge in [-0.15, -0.1) is 0 Å². The molecule has 0 aliphatic carbocycles. The molecule has 2 aromatic heterocycles.